The molecule has 1 heterocycles. The zero-order chi connectivity index (χ0) is 9.14. The van der Waals surface area contributed by atoms with E-state index in [1.165, 1.54) is 4.50 Å². The van der Waals surface area contributed by atoms with E-state index in [1.54, 1.807) is 32.7 Å². The number of hydrogen-bond donors (Lipinski definition) is 0. The third kappa shape index (κ3) is 1.42. The topological polar surface area (TPSA) is 27.7 Å². The molecule has 0 bridgehead atoms. The fourth-order valence-electron chi connectivity index (χ4n) is 1.03. The van der Waals surface area contributed by atoms with Crippen molar-refractivity contribution in [3.63, 3.8) is 0 Å². The zero-order valence-electron chi connectivity index (χ0n) is 7.63. The van der Waals surface area contributed by atoms with Crippen LogP contribution in [0.1, 0.15) is 0 Å². The molecule has 0 aliphatic carbocycles. The summed E-state index contributed by atoms with van der Waals surface area (Å²) in [5.74, 6) is 1.54. The van der Waals surface area contributed by atoms with Gasteiger partial charge in [-0.15, -0.1) is 11.3 Å². The SMILES string of the molecule is COc1sc([SiH3])c(OC)c1OC. The molecule has 0 spiro atoms. The Bertz CT molecular complexity index is 272. The van der Waals surface area contributed by atoms with Gasteiger partial charge in [0, 0.05) is 4.50 Å². The van der Waals surface area contributed by atoms with Crippen molar-refractivity contribution in [2.75, 3.05) is 21.3 Å². The van der Waals surface area contributed by atoms with E-state index < -0.39 is 0 Å². The Morgan fingerprint density at radius 1 is 1.00 bits per heavy atom. The maximum Gasteiger partial charge on any atom is 0.220 e. The molecule has 1 rings (SSSR count). The summed E-state index contributed by atoms with van der Waals surface area (Å²) >= 11 is 1.58. The molecular formula is C7H12O3SSi. The molecule has 0 atom stereocenters. The van der Waals surface area contributed by atoms with Crippen molar-refractivity contribution < 1.29 is 14.2 Å². The van der Waals surface area contributed by atoms with Crippen molar-refractivity contribution in [2.24, 2.45) is 0 Å². The summed E-state index contributed by atoms with van der Waals surface area (Å²) in [6, 6.07) is 0. The number of methoxy groups -OCH3 is 3. The van der Waals surface area contributed by atoms with E-state index in [0.29, 0.717) is 0 Å². The lowest BCUT2D eigenvalue weighted by molar-refractivity contribution is 0.334. The Kier molecular flexibility index (Phi) is 2.99. The normalized spacial score (nSPS) is 9.92. The monoisotopic (exact) mass is 204 g/mol. The molecule has 68 valence electrons. The highest BCUT2D eigenvalue weighted by Gasteiger charge is 2.17. The minimum atomic E-state index is 0.718. The van der Waals surface area contributed by atoms with Crippen LogP contribution in [0.5, 0.6) is 16.6 Å². The molecule has 0 amide bonds. The van der Waals surface area contributed by atoms with Crippen LogP contribution in [-0.2, 0) is 0 Å². The van der Waals surface area contributed by atoms with Crippen LogP contribution in [0.3, 0.4) is 0 Å². The van der Waals surface area contributed by atoms with Gasteiger partial charge in [0.2, 0.25) is 10.8 Å². The molecule has 0 saturated heterocycles. The second kappa shape index (κ2) is 3.82. The summed E-state index contributed by atoms with van der Waals surface area (Å²) in [5.41, 5.74) is 0. The van der Waals surface area contributed by atoms with Gasteiger partial charge in [-0.2, -0.15) is 0 Å². The number of ether oxygens (including phenoxy) is 3. The molecule has 0 saturated carbocycles. The molecule has 0 N–H and O–H groups in total. The van der Waals surface area contributed by atoms with Gasteiger partial charge in [0.15, 0.2) is 5.75 Å². The van der Waals surface area contributed by atoms with E-state index in [9.17, 15) is 0 Å². The van der Waals surface area contributed by atoms with Gasteiger partial charge in [-0.25, -0.2) is 0 Å². The lowest BCUT2D eigenvalue weighted by Crippen LogP contribution is -2.00. The highest BCUT2D eigenvalue weighted by atomic mass is 32.1. The first kappa shape index (κ1) is 9.41. The lowest BCUT2D eigenvalue weighted by atomic mass is 10.5. The fourth-order valence-corrected chi connectivity index (χ4v) is 2.92. The van der Waals surface area contributed by atoms with Gasteiger partial charge in [0.25, 0.3) is 0 Å². The first-order valence-electron chi connectivity index (χ1n) is 3.50. The molecule has 0 unspecified atom stereocenters. The minimum absolute atomic E-state index is 0.718. The molecular weight excluding hydrogens is 192 g/mol. The quantitative estimate of drug-likeness (QED) is 0.636. The smallest absolute Gasteiger partial charge is 0.220 e. The molecule has 0 aliphatic rings. The van der Waals surface area contributed by atoms with Crippen LogP contribution >= 0.6 is 11.3 Å². The Morgan fingerprint density at radius 3 is 2.00 bits per heavy atom. The fraction of sp³-hybridized carbons (Fsp3) is 0.429. The zero-order valence-corrected chi connectivity index (χ0v) is 10.4. The molecule has 0 fully saturated rings. The summed E-state index contributed by atoms with van der Waals surface area (Å²) < 4.78 is 16.7. The maximum atomic E-state index is 5.19. The molecule has 0 radical (unpaired) electrons. The van der Waals surface area contributed by atoms with Crippen molar-refractivity contribution >= 4 is 26.1 Å². The van der Waals surface area contributed by atoms with Crippen molar-refractivity contribution in [1.82, 2.24) is 0 Å². The van der Waals surface area contributed by atoms with E-state index in [2.05, 4.69) is 0 Å². The standard InChI is InChI=1S/C7H12O3SSi/c1-8-4-5(9-2)7(12)11-6(4)10-3/h1-3,12H3. The highest BCUT2D eigenvalue weighted by Crippen LogP contribution is 2.40. The molecule has 3 nitrogen and oxygen atoms in total. The van der Waals surface area contributed by atoms with Crippen LogP contribution < -0.4 is 18.7 Å². The van der Waals surface area contributed by atoms with E-state index in [0.717, 1.165) is 26.8 Å². The summed E-state index contributed by atoms with van der Waals surface area (Å²) in [7, 11) is 5.84. The molecule has 0 aromatic carbocycles. The third-order valence-electron chi connectivity index (χ3n) is 1.55. The van der Waals surface area contributed by atoms with Crippen LogP contribution in [0.15, 0.2) is 0 Å². The summed E-state index contributed by atoms with van der Waals surface area (Å²) in [6.45, 7) is 0. The second-order valence-corrected chi connectivity index (χ2v) is 5.13. The number of hydrogen-bond acceptors (Lipinski definition) is 4. The van der Waals surface area contributed by atoms with Crippen molar-refractivity contribution in [3.05, 3.63) is 0 Å². The Hall–Kier alpha value is -0.683. The summed E-state index contributed by atoms with van der Waals surface area (Å²) in [4.78, 5) is 0. The molecule has 12 heavy (non-hydrogen) atoms. The minimum Gasteiger partial charge on any atom is -0.492 e. The molecule has 1 aromatic heterocycles. The van der Waals surface area contributed by atoms with Gasteiger partial charge in [0.1, 0.15) is 0 Å². The van der Waals surface area contributed by atoms with Gasteiger partial charge >= 0.3 is 0 Å². The van der Waals surface area contributed by atoms with E-state index in [-0.39, 0.29) is 0 Å². The summed E-state index contributed by atoms with van der Waals surface area (Å²) in [5, 5.41) is 0.791. The predicted octanol–water partition coefficient (Wildman–Crippen LogP) is -0.235. The van der Waals surface area contributed by atoms with E-state index >= 15 is 0 Å². The predicted molar refractivity (Wildman–Crippen MR) is 53.5 cm³/mol. The van der Waals surface area contributed by atoms with Crippen LogP contribution in [0.4, 0.5) is 0 Å². The Labute approximate surface area is 78.7 Å². The van der Waals surface area contributed by atoms with Crippen molar-refractivity contribution in [3.8, 4) is 16.6 Å². The van der Waals surface area contributed by atoms with Crippen LogP contribution in [-0.4, -0.2) is 31.6 Å². The molecule has 0 aliphatic heterocycles. The first-order valence-corrected chi connectivity index (χ1v) is 5.31. The average molecular weight is 204 g/mol. The lowest BCUT2D eigenvalue weighted by Gasteiger charge is -2.03. The molecule has 1 aromatic rings. The Balaban J connectivity index is 3.16. The van der Waals surface area contributed by atoms with Crippen LogP contribution in [0.2, 0.25) is 0 Å². The largest absolute Gasteiger partial charge is 0.492 e. The van der Waals surface area contributed by atoms with Crippen LogP contribution in [0, 0.1) is 0 Å². The van der Waals surface area contributed by atoms with Gasteiger partial charge < -0.3 is 14.2 Å². The number of rotatable bonds is 3. The van der Waals surface area contributed by atoms with Gasteiger partial charge in [-0.3, -0.25) is 0 Å². The maximum absolute atomic E-state index is 5.19. The number of thiophene rings is 1. The van der Waals surface area contributed by atoms with Gasteiger partial charge in [-0.05, 0) is 0 Å². The van der Waals surface area contributed by atoms with E-state index in [4.69, 9.17) is 14.2 Å². The van der Waals surface area contributed by atoms with Crippen LogP contribution in [0.25, 0.3) is 0 Å². The summed E-state index contributed by atoms with van der Waals surface area (Å²) in [6.07, 6.45) is 0. The average Bonchev–Trinajstić information content (AvgIpc) is 2.40. The van der Waals surface area contributed by atoms with Gasteiger partial charge in [-0.1, -0.05) is 0 Å². The van der Waals surface area contributed by atoms with Crippen molar-refractivity contribution in [1.29, 1.82) is 0 Å². The Morgan fingerprint density at radius 2 is 1.58 bits per heavy atom. The second-order valence-electron chi connectivity index (χ2n) is 2.22. The van der Waals surface area contributed by atoms with Crippen molar-refractivity contribution in [2.45, 2.75) is 0 Å². The van der Waals surface area contributed by atoms with E-state index in [1.807, 2.05) is 0 Å². The molecule has 5 heteroatoms. The third-order valence-corrected chi connectivity index (χ3v) is 3.65. The first-order chi connectivity index (χ1) is 5.74. The highest BCUT2D eigenvalue weighted by molar-refractivity contribution is 7.22. The van der Waals surface area contributed by atoms with Gasteiger partial charge in [0.05, 0.1) is 31.6 Å².